The number of hydrogen-bond donors (Lipinski definition) is 0. The van der Waals surface area contributed by atoms with Gasteiger partial charge in [0.05, 0.1) is 11.7 Å². The van der Waals surface area contributed by atoms with Gasteiger partial charge in [0.1, 0.15) is 11.6 Å². The van der Waals surface area contributed by atoms with Crippen molar-refractivity contribution in [1.82, 2.24) is 24.4 Å². The number of nitrogens with zero attached hydrogens (tertiary/aromatic N) is 5. The van der Waals surface area contributed by atoms with E-state index in [-0.39, 0.29) is 0 Å². The van der Waals surface area contributed by atoms with Gasteiger partial charge in [0.2, 0.25) is 0 Å². The van der Waals surface area contributed by atoms with E-state index in [1.165, 1.54) is 12.0 Å². The van der Waals surface area contributed by atoms with Gasteiger partial charge in [0.15, 0.2) is 0 Å². The van der Waals surface area contributed by atoms with E-state index < -0.39 is 0 Å². The third-order valence-electron chi connectivity index (χ3n) is 4.88. The molecule has 0 saturated carbocycles. The summed E-state index contributed by atoms with van der Waals surface area (Å²) < 4.78 is 2.09. The fourth-order valence-corrected chi connectivity index (χ4v) is 3.64. The third-order valence-corrected chi connectivity index (χ3v) is 4.88. The standard InChI is InChI=1S/C20H23N5/c1-2-19-22-12-14-25(19)20-7-3-5-17(23-20)18-6-4-13-24(18)15-16-8-10-21-11-9-16/h3,5,7-12,14,18H,2,4,6,13,15H2,1H3. The SMILES string of the molecule is CCc1nccn1-c1cccc(C2CCCN2Cc2ccncc2)n1. The molecule has 0 aliphatic carbocycles. The minimum absolute atomic E-state index is 0.377. The number of imidazole rings is 1. The molecule has 1 aliphatic rings. The lowest BCUT2D eigenvalue weighted by atomic mass is 10.1. The lowest BCUT2D eigenvalue weighted by Crippen LogP contribution is -2.23. The maximum atomic E-state index is 4.97. The van der Waals surface area contributed by atoms with Crippen LogP contribution < -0.4 is 0 Å². The molecule has 0 amide bonds. The molecule has 5 nitrogen and oxygen atoms in total. The topological polar surface area (TPSA) is 46.8 Å². The highest BCUT2D eigenvalue weighted by atomic mass is 15.2. The van der Waals surface area contributed by atoms with Crippen molar-refractivity contribution in [3.8, 4) is 5.82 Å². The molecule has 0 N–H and O–H groups in total. The van der Waals surface area contributed by atoms with Gasteiger partial charge in [-0.3, -0.25) is 14.5 Å². The first kappa shape index (κ1) is 16.0. The van der Waals surface area contributed by atoms with Crippen LogP contribution >= 0.6 is 0 Å². The number of hydrogen-bond acceptors (Lipinski definition) is 4. The zero-order valence-corrected chi connectivity index (χ0v) is 14.5. The average Bonchev–Trinajstić information content (AvgIpc) is 3.32. The summed E-state index contributed by atoms with van der Waals surface area (Å²) in [6.07, 6.45) is 10.8. The molecule has 128 valence electrons. The lowest BCUT2D eigenvalue weighted by Gasteiger charge is -2.24. The molecule has 1 fully saturated rings. The second-order valence-electron chi connectivity index (χ2n) is 6.47. The number of aryl methyl sites for hydroxylation is 1. The zero-order valence-electron chi connectivity index (χ0n) is 14.5. The van der Waals surface area contributed by atoms with Crippen LogP contribution in [0.2, 0.25) is 0 Å². The highest BCUT2D eigenvalue weighted by Gasteiger charge is 2.27. The summed E-state index contributed by atoms with van der Waals surface area (Å²) in [5, 5.41) is 0. The van der Waals surface area contributed by atoms with Crippen LogP contribution in [0.1, 0.15) is 42.9 Å². The molecule has 1 atom stereocenters. The molecule has 4 heterocycles. The summed E-state index contributed by atoms with van der Waals surface area (Å²) in [4.78, 5) is 16.0. The highest BCUT2D eigenvalue weighted by Crippen LogP contribution is 2.32. The van der Waals surface area contributed by atoms with Crippen LogP contribution in [0.25, 0.3) is 5.82 Å². The molecule has 5 heteroatoms. The fourth-order valence-electron chi connectivity index (χ4n) is 3.64. The molecule has 0 aromatic carbocycles. The van der Waals surface area contributed by atoms with Gasteiger partial charge in [-0.25, -0.2) is 9.97 Å². The van der Waals surface area contributed by atoms with E-state index in [0.717, 1.165) is 43.3 Å². The number of aromatic nitrogens is 4. The Morgan fingerprint density at radius 3 is 2.84 bits per heavy atom. The summed E-state index contributed by atoms with van der Waals surface area (Å²) in [7, 11) is 0. The van der Waals surface area contributed by atoms with Gasteiger partial charge in [-0.2, -0.15) is 0 Å². The Hall–Kier alpha value is -2.53. The minimum Gasteiger partial charge on any atom is -0.291 e. The van der Waals surface area contributed by atoms with Crippen LogP contribution in [-0.2, 0) is 13.0 Å². The van der Waals surface area contributed by atoms with Crippen LogP contribution in [0.3, 0.4) is 0 Å². The van der Waals surface area contributed by atoms with Crippen LogP contribution in [0, 0.1) is 0 Å². The monoisotopic (exact) mass is 333 g/mol. The van der Waals surface area contributed by atoms with Crippen molar-refractivity contribution in [1.29, 1.82) is 0 Å². The molecule has 25 heavy (non-hydrogen) atoms. The summed E-state index contributed by atoms with van der Waals surface area (Å²) >= 11 is 0. The number of pyridine rings is 2. The summed E-state index contributed by atoms with van der Waals surface area (Å²) in [5.74, 6) is 2.01. The van der Waals surface area contributed by atoms with Crippen molar-refractivity contribution >= 4 is 0 Å². The maximum Gasteiger partial charge on any atom is 0.138 e. The van der Waals surface area contributed by atoms with Crippen molar-refractivity contribution in [2.45, 2.75) is 38.8 Å². The minimum atomic E-state index is 0.377. The normalized spacial score (nSPS) is 17.9. The van der Waals surface area contributed by atoms with Crippen LogP contribution in [0.15, 0.2) is 55.1 Å². The van der Waals surface area contributed by atoms with E-state index in [1.807, 2.05) is 24.8 Å². The van der Waals surface area contributed by atoms with Crippen LogP contribution in [-0.4, -0.2) is 31.0 Å². The molecule has 0 spiro atoms. The predicted octanol–water partition coefficient (Wildman–Crippen LogP) is 3.56. The molecule has 3 aromatic heterocycles. The molecule has 1 unspecified atom stereocenters. The van der Waals surface area contributed by atoms with Gasteiger partial charge in [-0.05, 0) is 49.2 Å². The lowest BCUT2D eigenvalue weighted by molar-refractivity contribution is 0.244. The van der Waals surface area contributed by atoms with E-state index in [0.29, 0.717) is 6.04 Å². The Kier molecular flexibility index (Phi) is 4.57. The zero-order chi connectivity index (χ0) is 17.1. The van der Waals surface area contributed by atoms with E-state index in [1.54, 1.807) is 0 Å². The first-order valence-electron chi connectivity index (χ1n) is 8.97. The third kappa shape index (κ3) is 3.33. The maximum absolute atomic E-state index is 4.97. The summed E-state index contributed by atoms with van der Waals surface area (Å²) in [6, 6.07) is 10.9. The first-order valence-corrected chi connectivity index (χ1v) is 8.97. The quantitative estimate of drug-likeness (QED) is 0.716. The van der Waals surface area contributed by atoms with Gasteiger partial charge < -0.3 is 0 Å². The van der Waals surface area contributed by atoms with Crippen molar-refractivity contribution in [2.75, 3.05) is 6.54 Å². The molecular weight excluding hydrogens is 310 g/mol. The molecule has 3 aromatic rings. The molecule has 4 rings (SSSR count). The van der Waals surface area contributed by atoms with E-state index >= 15 is 0 Å². The van der Waals surface area contributed by atoms with E-state index in [4.69, 9.17) is 4.98 Å². The van der Waals surface area contributed by atoms with Gasteiger partial charge in [0, 0.05) is 37.8 Å². The smallest absolute Gasteiger partial charge is 0.138 e. The molecular formula is C20H23N5. The summed E-state index contributed by atoms with van der Waals surface area (Å²) in [5.41, 5.74) is 2.46. The van der Waals surface area contributed by atoms with E-state index in [9.17, 15) is 0 Å². The van der Waals surface area contributed by atoms with Crippen LogP contribution in [0.4, 0.5) is 0 Å². The Labute approximate surface area is 148 Å². The van der Waals surface area contributed by atoms with Gasteiger partial charge in [-0.15, -0.1) is 0 Å². The summed E-state index contributed by atoms with van der Waals surface area (Å²) in [6.45, 7) is 4.19. The first-order chi connectivity index (χ1) is 12.3. The van der Waals surface area contributed by atoms with Gasteiger partial charge in [-0.1, -0.05) is 13.0 Å². The average molecular weight is 333 g/mol. The Balaban J connectivity index is 1.59. The second kappa shape index (κ2) is 7.15. The molecule has 1 saturated heterocycles. The predicted molar refractivity (Wildman–Crippen MR) is 97.4 cm³/mol. The highest BCUT2D eigenvalue weighted by molar-refractivity contribution is 5.28. The van der Waals surface area contributed by atoms with Crippen molar-refractivity contribution < 1.29 is 0 Å². The Bertz CT molecular complexity index is 827. The Morgan fingerprint density at radius 2 is 2.00 bits per heavy atom. The van der Waals surface area contributed by atoms with E-state index in [2.05, 4.69) is 56.7 Å². The number of rotatable bonds is 5. The molecule has 0 radical (unpaired) electrons. The van der Waals surface area contributed by atoms with Crippen molar-refractivity contribution in [3.63, 3.8) is 0 Å². The molecule has 1 aliphatic heterocycles. The van der Waals surface area contributed by atoms with Crippen molar-refractivity contribution in [3.05, 3.63) is 72.2 Å². The second-order valence-corrected chi connectivity index (χ2v) is 6.47. The van der Waals surface area contributed by atoms with Gasteiger partial charge >= 0.3 is 0 Å². The molecule has 0 bridgehead atoms. The largest absolute Gasteiger partial charge is 0.291 e. The Morgan fingerprint density at radius 1 is 1.12 bits per heavy atom. The van der Waals surface area contributed by atoms with Crippen LogP contribution in [0.5, 0.6) is 0 Å². The fraction of sp³-hybridized carbons (Fsp3) is 0.350. The van der Waals surface area contributed by atoms with Gasteiger partial charge in [0.25, 0.3) is 0 Å². The van der Waals surface area contributed by atoms with Crippen molar-refractivity contribution in [2.24, 2.45) is 0 Å². The number of likely N-dealkylation sites (tertiary alicyclic amines) is 1.